The second kappa shape index (κ2) is 4.97. The van der Waals surface area contributed by atoms with E-state index in [1.54, 1.807) is 0 Å². The van der Waals surface area contributed by atoms with E-state index in [9.17, 15) is 0 Å². The Morgan fingerprint density at radius 3 is 2.85 bits per heavy atom. The Balaban J connectivity index is 2.00. The molecule has 2 N–H and O–H groups in total. The van der Waals surface area contributed by atoms with Gasteiger partial charge in [0.1, 0.15) is 10.6 Å². The van der Waals surface area contributed by atoms with Crippen molar-refractivity contribution in [3.63, 3.8) is 0 Å². The smallest absolute Gasteiger partial charge is 0.232 e. The lowest BCUT2D eigenvalue weighted by molar-refractivity contribution is 0.469. The van der Waals surface area contributed by atoms with Gasteiger partial charge < -0.3 is 15.4 Å². The Bertz CT molecular complexity index is 754. The molecule has 0 saturated carbocycles. The molecule has 0 aliphatic carbocycles. The highest BCUT2D eigenvalue weighted by Crippen LogP contribution is 2.31. The number of thiophene rings is 1. The molecule has 0 bridgehead atoms. The van der Waals surface area contributed by atoms with Crippen LogP contribution in [0.5, 0.6) is 11.6 Å². The molecule has 2 aromatic heterocycles. The fourth-order valence-corrected chi connectivity index (χ4v) is 2.62. The summed E-state index contributed by atoms with van der Waals surface area (Å²) in [5.41, 5.74) is 6.77. The molecule has 6 heteroatoms. The molecule has 102 valence electrons. The third-order valence-electron chi connectivity index (χ3n) is 2.86. The van der Waals surface area contributed by atoms with Crippen molar-refractivity contribution in [2.75, 3.05) is 24.7 Å². The van der Waals surface area contributed by atoms with Crippen LogP contribution in [0.1, 0.15) is 0 Å². The van der Waals surface area contributed by atoms with E-state index in [2.05, 4.69) is 9.97 Å². The van der Waals surface area contributed by atoms with Crippen LogP contribution < -0.4 is 15.4 Å². The Labute approximate surface area is 120 Å². The molecule has 5 nitrogen and oxygen atoms in total. The molecule has 2 heterocycles. The van der Waals surface area contributed by atoms with Gasteiger partial charge in [-0.3, -0.25) is 0 Å². The molecule has 0 aliphatic heterocycles. The predicted octanol–water partition coefficient (Wildman–Crippen LogP) is 3.13. The summed E-state index contributed by atoms with van der Waals surface area (Å²) in [6, 6.07) is 9.74. The summed E-state index contributed by atoms with van der Waals surface area (Å²) >= 11 is 1.51. The molecule has 3 aromatic rings. The van der Waals surface area contributed by atoms with Gasteiger partial charge in [-0.2, -0.15) is 4.98 Å². The minimum atomic E-state index is 0.221. The number of nitrogens with two attached hydrogens (primary N) is 1. The van der Waals surface area contributed by atoms with Gasteiger partial charge in [-0.15, -0.1) is 11.3 Å². The number of hydrogen-bond donors (Lipinski definition) is 1. The van der Waals surface area contributed by atoms with Crippen LogP contribution in [-0.4, -0.2) is 24.1 Å². The molecule has 0 atom stereocenters. The van der Waals surface area contributed by atoms with Gasteiger partial charge in [0.05, 0.1) is 5.39 Å². The van der Waals surface area contributed by atoms with Crippen LogP contribution >= 0.6 is 11.3 Å². The van der Waals surface area contributed by atoms with Crippen LogP contribution in [0.15, 0.2) is 35.7 Å². The summed E-state index contributed by atoms with van der Waals surface area (Å²) in [5.74, 6) is 1.44. The van der Waals surface area contributed by atoms with E-state index >= 15 is 0 Å². The summed E-state index contributed by atoms with van der Waals surface area (Å²) in [5, 5.41) is 2.82. The lowest BCUT2D eigenvalue weighted by Gasteiger charge is -2.13. The number of rotatable bonds is 3. The van der Waals surface area contributed by atoms with E-state index in [0.29, 0.717) is 5.88 Å². The normalized spacial score (nSPS) is 10.7. The van der Waals surface area contributed by atoms with E-state index in [4.69, 9.17) is 10.5 Å². The molecule has 1 aromatic carbocycles. The highest BCUT2D eigenvalue weighted by molar-refractivity contribution is 7.16. The SMILES string of the molecule is CN(C)c1cccc(Oc2nc(N)nc3sccc23)c1. The van der Waals surface area contributed by atoms with Crippen LogP contribution in [0.2, 0.25) is 0 Å². The van der Waals surface area contributed by atoms with Crippen LogP contribution in [-0.2, 0) is 0 Å². The Morgan fingerprint density at radius 1 is 1.20 bits per heavy atom. The minimum Gasteiger partial charge on any atom is -0.438 e. The van der Waals surface area contributed by atoms with Crippen molar-refractivity contribution in [1.82, 2.24) is 9.97 Å². The largest absolute Gasteiger partial charge is 0.438 e. The predicted molar refractivity (Wildman–Crippen MR) is 82.7 cm³/mol. The van der Waals surface area contributed by atoms with Crippen LogP contribution in [0.3, 0.4) is 0 Å². The average molecular weight is 286 g/mol. The van der Waals surface area contributed by atoms with Gasteiger partial charge in [0, 0.05) is 25.8 Å². The maximum Gasteiger partial charge on any atom is 0.232 e. The average Bonchev–Trinajstić information content (AvgIpc) is 2.87. The summed E-state index contributed by atoms with van der Waals surface area (Å²) in [4.78, 5) is 11.2. The molecular weight excluding hydrogens is 272 g/mol. The number of nitrogen functional groups attached to an aromatic ring is 1. The van der Waals surface area contributed by atoms with Crippen molar-refractivity contribution < 1.29 is 4.74 Å². The maximum absolute atomic E-state index is 5.87. The van der Waals surface area contributed by atoms with Crippen molar-refractivity contribution in [2.45, 2.75) is 0 Å². The fraction of sp³-hybridized carbons (Fsp3) is 0.143. The van der Waals surface area contributed by atoms with Gasteiger partial charge in [-0.1, -0.05) is 6.07 Å². The van der Waals surface area contributed by atoms with Crippen molar-refractivity contribution in [1.29, 1.82) is 0 Å². The standard InChI is InChI=1S/C14H14N4OS/c1-18(2)9-4-3-5-10(8-9)19-12-11-6-7-20-13(11)17-14(15)16-12/h3-8H,1-2H3,(H2,15,16,17). The van der Waals surface area contributed by atoms with Crippen molar-refractivity contribution in [3.05, 3.63) is 35.7 Å². The van der Waals surface area contributed by atoms with Gasteiger partial charge in [-0.25, -0.2) is 4.98 Å². The molecule has 3 rings (SSSR count). The number of fused-ring (bicyclic) bond motifs is 1. The summed E-state index contributed by atoms with van der Waals surface area (Å²) in [7, 11) is 3.97. The highest BCUT2D eigenvalue weighted by Gasteiger charge is 2.10. The van der Waals surface area contributed by atoms with Crippen LogP contribution in [0.25, 0.3) is 10.2 Å². The molecule has 20 heavy (non-hydrogen) atoms. The highest BCUT2D eigenvalue weighted by atomic mass is 32.1. The van der Waals surface area contributed by atoms with Gasteiger partial charge >= 0.3 is 0 Å². The Kier molecular flexibility index (Phi) is 3.15. The summed E-state index contributed by atoms with van der Waals surface area (Å²) in [6.45, 7) is 0. The minimum absolute atomic E-state index is 0.221. The van der Waals surface area contributed by atoms with Gasteiger partial charge in [0.25, 0.3) is 0 Å². The molecule has 0 spiro atoms. The number of benzene rings is 1. The number of ether oxygens (including phenoxy) is 1. The zero-order chi connectivity index (χ0) is 14.1. The van der Waals surface area contributed by atoms with E-state index in [1.165, 1.54) is 11.3 Å². The van der Waals surface area contributed by atoms with Crippen LogP contribution in [0, 0.1) is 0 Å². The Hall–Kier alpha value is -2.34. The zero-order valence-corrected chi connectivity index (χ0v) is 12.0. The number of anilines is 2. The van der Waals surface area contributed by atoms with E-state index in [0.717, 1.165) is 21.7 Å². The molecule has 0 unspecified atom stereocenters. The molecular formula is C14H14N4OS. The first-order valence-electron chi connectivity index (χ1n) is 6.09. The van der Waals surface area contributed by atoms with Gasteiger partial charge in [0.15, 0.2) is 0 Å². The third-order valence-corrected chi connectivity index (χ3v) is 3.66. The summed E-state index contributed by atoms with van der Waals surface area (Å²) in [6.07, 6.45) is 0. The number of aromatic nitrogens is 2. The quantitative estimate of drug-likeness (QED) is 0.801. The lowest BCUT2D eigenvalue weighted by Crippen LogP contribution is -2.08. The van der Waals surface area contributed by atoms with Crippen molar-refractivity contribution in [3.8, 4) is 11.6 Å². The van der Waals surface area contributed by atoms with E-state index in [-0.39, 0.29) is 5.95 Å². The zero-order valence-electron chi connectivity index (χ0n) is 11.2. The molecule has 0 aliphatic rings. The monoisotopic (exact) mass is 286 g/mol. The second-order valence-corrected chi connectivity index (χ2v) is 5.41. The van der Waals surface area contributed by atoms with Gasteiger partial charge in [-0.05, 0) is 23.6 Å². The Morgan fingerprint density at radius 2 is 2.05 bits per heavy atom. The van der Waals surface area contributed by atoms with E-state index in [1.807, 2.05) is 54.7 Å². The summed E-state index contributed by atoms with van der Waals surface area (Å²) < 4.78 is 5.87. The van der Waals surface area contributed by atoms with Crippen molar-refractivity contribution >= 4 is 33.2 Å². The lowest BCUT2D eigenvalue weighted by atomic mass is 10.3. The number of hydrogen-bond acceptors (Lipinski definition) is 6. The third kappa shape index (κ3) is 2.37. The molecule has 0 fully saturated rings. The maximum atomic E-state index is 5.87. The molecule has 0 amide bonds. The first kappa shape index (κ1) is 12.7. The molecule has 0 radical (unpaired) electrons. The topological polar surface area (TPSA) is 64.3 Å². The van der Waals surface area contributed by atoms with Crippen LogP contribution in [0.4, 0.5) is 11.6 Å². The van der Waals surface area contributed by atoms with Crippen molar-refractivity contribution in [2.24, 2.45) is 0 Å². The molecule has 0 saturated heterocycles. The fourth-order valence-electron chi connectivity index (χ4n) is 1.86. The van der Waals surface area contributed by atoms with Gasteiger partial charge in [0.2, 0.25) is 11.8 Å². The first-order chi connectivity index (χ1) is 9.63. The van der Waals surface area contributed by atoms with E-state index < -0.39 is 0 Å². The number of nitrogens with zero attached hydrogens (tertiary/aromatic N) is 3. The second-order valence-electron chi connectivity index (χ2n) is 4.52. The first-order valence-corrected chi connectivity index (χ1v) is 6.97.